The first kappa shape index (κ1) is 21.8. The summed E-state index contributed by atoms with van der Waals surface area (Å²) in [6, 6.07) is 13.6. The van der Waals surface area contributed by atoms with Crippen LogP contribution in [-0.2, 0) is 4.79 Å². The molecule has 3 rings (SSSR count). The molecular formula is C23H28N4O2S. The SMILES string of the molecule is C/C(=N\NC(=S)Nc1c(C)cccc1C)c1ccc(OCC(=O)N2CCCC2)cc1. The summed E-state index contributed by atoms with van der Waals surface area (Å²) in [5, 5.41) is 8.01. The molecule has 0 atom stereocenters. The fourth-order valence-electron chi connectivity index (χ4n) is 3.35. The van der Waals surface area contributed by atoms with Crippen molar-refractivity contribution >= 4 is 34.6 Å². The van der Waals surface area contributed by atoms with Crippen molar-refractivity contribution in [3.05, 3.63) is 59.2 Å². The third kappa shape index (κ3) is 5.79. The molecule has 1 aliphatic rings. The number of thiocarbonyl (C=S) groups is 1. The summed E-state index contributed by atoms with van der Waals surface area (Å²) in [6.45, 7) is 7.73. The van der Waals surface area contributed by atoms with E-state index in [0.717, 1.165) is 54.0 Å². The van der Waals surface area contributed by atoms with Crippen LogP contribution in [-0.4, -0.2) is 41.3 Å². The Bertz CT molecular complexity index is 914. The number of rotatable bonds is 6. The van der Waals surface area contributed by atoms with Gasteiger partial charge >= 0.3 is 0 Å². The molecule has 0 aliphatic carbocycles. The molecule has 0 radical (unpaired) electrons. The number of benzene rings is 2. The normalized spacial score (nSPS) is 13.8. The Labute approximate surface area is 183 Å². The summed E-state index contributed by atoms with van der Waals surface area (Å²) in [4.78, 5) is 13.9. The number of nitrogens with zero attached hydrogens (tertiary/aromatic N) is 2. The highest BCUT2D eigenvalue weighted by Gasteiger charge is 2.18. The number of para-hydroxylation sites is 1. The van der Waals surface area contributed by atoms with Crippen molar-refractivity contribution in [2.75, 3.05) is 25.0 Å². The van der Waals surface area contributed by atoms with Crippen LogP contribution in [0.15, 0.2) is 47.6 Å². The van der Waals surface area contributed by atoms with E-state index in [-0.39, 0.29) is 12.5 Å². The molecule has 0 unspecified atom stereocenters. The Hall–Kier alpha value is -2.93. The fraction of sp³-hybridized carbons (Fsp3) is 0.348. The number of ether oxygens (including phenoxy) is 1. The predicted octanol–water partition coefficient (Wildman–Crippen LogP) is 4.02. The number of hydrazone groups is 1. The summed E-state index contributed by atoms with van der Waals surface area (Å²) in [5.74, 6) is 0.711. The average Bonchev–Trinajstić information content (AvgIpc) is 3.28. The maximum atomic E-state index is 12.1. The molecule has 1 amide bonds. The summed E-state index contributed by atoms with van der Waals surface area (Å²) < 4.78 is 5.62. The molecule has 2 N–H and O–H groups in total. The minimum absolute atomic E-state index is 0.0448. The number of hydrogen-bond acceptors (Lipinski definition) is 4. The Morgan fingerprint density at radius 2 is 1.73 bits per heavy atom. The van der Waals surface area contributed by atoms with Gasteiger partial charge < -0.3 is 15.0 Å². The summed E-state index contributed by atoms with van der Waals surface area (Å²) in [7, 11) is 0. The highest BCUT2D eigenvalue weighted by atomic mass is 32.1. The zero-order valence-corrected chi connectivity index (χ0v) is 18.5. The summed E-state index contributed by atoms with van der Waals surface area (Å²) in [6.07, 6.45) is 2.16. The van der Waals surface area contributed by atoms with Crippen molar-refractivity contribution in [1.82, 2.24) is 10.3 Å². The van der Waals surface area contributed by atoms with Gasteiger partial charge in [0.25, 0.3) is 5.91 Å². The van der Waals surface area contributed by atoms with Crippen LogP contribution in [0.25, 0.3) is 0 Å². The molecule has 30 heavy (non-hydrogen) atoms. The second-order valence-corrected chi connectivity index (χ2v) is 7.84. The number of carbonyl (C=O) groups excluding carboxylic acids is 1. The van der Waals surface area contributed by atoms with Crippen LogP contribution in [0, 0.1) is 13.8 Å². The van der Waals surface area contributed by atoms with Gasteiger partial charge in [-0.2, -0.15) is 5.10 Å². The van der Waals surface area contributed by atoms with Gasteiger partial charge in [-0.05, 0) is 86.8 Å². The quantitative estimate of drug-likeness (QED) is 0.417. The smallest absolute Gasteiger partial charge is 0.260 e. The highest BCUT2D eigenvalue weighted by molar-refractivity contribution is 7.80. The minimum atomic E-state index is 0.0448. The number of anilines is 1. The second kappa shape index (κ2) is 10.2. The van der Waals surface area contributed by atoms with E-state index in [1.54, 1.807) is 0 Å². The molecule has 1 saturated heterocycles. The van der Waals surface area contributed by atoms with E-state index in [2.05, 4.69) is 15.8 Å². The van der Waals surface area contributed by atoms with Crippen LogP contribution in [0.2, 0.25) is 0 Å². The van der Waals surface area contributed by atoms with Crippen LogP contribution in [0.3, 0.4) is 0 Å². The lowest BCUT2D eigenvalue weighted by Gasteiger charge is -2.15. The van der Waals surface area contributed by atoms with E-state index >= 15 is 0 Å². The van der Waals surface area contributed by atoms with Gasteiger partial charge in [-0.1, -0.05) is 18.2 Å². The van der Waals surface area contributed by atoms with Gasteiger partial charge in [-0.15, -0.1) is 0 Å². The minimum Gasteiger partial charge on any atom is -0.484 e. The Morgan fingerprint density at radius 3 is 2.37 bits per heavy atom. The van der Waals surface area contributed by atoms with E-state index in [0.29, 0.717) is 10.9 Å². The van der Waals surface area contributed by atoms with E-state index in [9.17, 15) is 4.79 Å². The lowest BCUT2D eigenvalue weighted by Crippen LogP contribution is -2.32. The molecule has 0 spiro atoms. The molecule has 1 fully saturated rings. The van der Waals surface area contributed by atoms with Gasteiger partial charge in [-0.3, -0.25) is 10.2 Å². The number of hydrogen-bond donors (Lipinski definition) is 2. The highest BCUT2D eigenvalue weighted by Crippen LogP contribution is 2.19. The fourth-order valence-corrected chi connectivity index (χ4v) is 3.50. The molecule has 6 nitrogen and oxygen atoms in total. The predicted molar refractivity (Wildman–Crippen MR) is 125 cm³/mol. The first-order chi connectivity index (χ1) is 14.4. The lowest BCUT2D eigenvalue weighted by molar-refractivity contribution is -0.132. The van der Waals surface area contributed by atoms with Crippen molar-refractivity contribution in [3.63, 3.8) is 0 Å². The first-order valence-corrected chi connectivity index (χ1v) is 10.5. The first-order valence-electron chi connectivity index (χ1n) is 10.1. The molecule has 0 aromatic heterocycles. The largest absolute Gasteiger partial charge is 0.484 e. The van der Waals surface area contributed by atoms with Crippen molar-refractivity contribution in [1.29, 1.82) is 0 Å². The maximum absolute atomic E-state index is 12.1. The van der Waals surface area contributed by atoms with Gasteiger partial charge in [0.2, 0.25) is 0 Å². The third-order valence-electron chi connectivity index (χ3n) is 5.14. The van der Waals surface area contributed by atoms with Gasteiger partial charge in [0.05, 0.1) is 5.71 Å². The monoisotopic (exact) mass is 424 g/mol. The number of aryl methyl sites for hydroxylation is 2. The average molecular weight is 425 g/mol. The number of amides is 1. The number of carbonyl (C=O) groups is 1. The van der Waals surface area contributed by atoms with Crippen molar-refractivity contribution < 1.29 is 9.53 Å². The number of nitrogens with one attached hydrogen (secondary N) is 2. The van der Waals surface area contributed by atoms with Crippen LogP contribution in [0.1, 0.15) is 36.5 Å². The molecule has 158 valence electrons. The standard InChI is InChI=1S/C23H28N4O2S/c1-16-7-6-8-17(2)22(16)24-23(30)26-25-18(3)19-9-11-20(12-10-19)29-15-21(28)27-13-4-5-14-27/h6-12H,4-5,13-15H2,1-3H3,(H2,24,26,30)/b25-18+. The Kier molecular flexibility index (Phi) is 7.41. The third-order valence-corrected chi connectivity index (χ3v) is 5.33. The van der Waals surface area contributed by atoms with Crippen LogP contribution >= 0.6 is 12.2 Å². The molecule has 1 heterocycles. The zero-order valence-electron chi connectivity index (χ0n) is 17.7. The van der Waals surface area contributed by atoms with Gasteiger partial charge in [0, 0.05) is 18.8 Å². The second-order valence-electron chi connectivity index (χ2n) is 7.43. The zero-order chi connectivity index (χ0) is 21.5. The van der Waals surface area contributed by atoms with Gasteiger partial charge in [0.1, 0.15) is 5.75 Å². The van der Waals surface area contributed by atoms with Crippen molar-refractivity contribution in [2.45, 2.75) is 33.6 Å². The molecule has 2 aromatic carbocycles. The van der Waals surface area contributed by atoms with Crippen LogP contribution in [0.5, 0.6) is 5.75 Å². The lowest BCUT2D eigenvalue weighted by atomic mass is 10.1. The topological polar surface area (TPSA) is 66.0 Å². The molecule has 0 bridgehead atoms. The molecule has 7 heteroatoms. The van der Waals surface area contributed by atoms with E-state index in [4.69, 9.17) is 17.0 Å². The van der Waals surface area contributed by atoms with Crippen LogP contribution in [0.4, 0.5) is 5.69 Å². The van der Waals surface area contributed by atoms with E-state index < -0.39 is 0 Å². The number of likely N-dealkylation sites (tertiary alicyclic amines) is 1. The molecule has 1 aliphatic heterocycles. The molecule has 0 saturated carbocycles. The van der Waals surface area contributed by atoms with Gasteiger partial charge in [-0.25, -0.2) is 0 Å². The Balaban J connectivity index is 1.52. The van der Waals surface area contributed by atoms with Crippen LogP contribution < -0.4 is 15.5 Å². The molecular weight excluding hydrogens is 396 g/mol. The maximum Gasteiger partial charge on any atom is 0.260 e. The summed E-state index contributed by atoms with van der Waals surface area (Å²) in [5.41, 5.74) is 7.87. The van der Waals surface area contributed by atoms with Gasteiger partial charge in [0.15, 0.2) is 11.7 Å². The van der Waals surface area contributed by atoms with E-state index in [1.807, 2.05) is 68.1 Å². The van der Waals surface area contributed by atoms with E-state index in [1.165, 1.54) is 0 Å². The van der Waals surface area contributed by atoms with Crippen molar-refractivity contribution in [3.8, 4) is 5.75 Å². The van der Waals surface area contributed by atoms with Crippen molar-refractivity contribution in [2.24, 2.45) is 5.10 Å². The summed E-state index contributed by atoms with van der Waals surface area (Å²) >= 11 is 5.36. The molecule has 2 aromatic rings. The Morgan fingerprint density at radius 1 is 1.10 bits per heavy atom.